The van der Waals surface area contributed by atoms with Crippen molar-refractivity contribution in [3.8, 4) is 0 Å². The first-order valence-electron chi connectivity index (χ1n) is 8.68. The van der Waals surface area contributed by atoms with Gasteiger partial charge in [-0.2, -0.15) is 5.10 Å². The number of hydrogen-bond acceptors (Lipinski definition) is 4. The second-order valence-electron chi connectivity index (χ2n) is 6.10. The number of benzene rings is 1. The minimum Gasteiger partial charge on any atom is -0.346 e. The van der Waals surface area contributed by atoms with E-state index in [-0.39, 0.29) is 24.3 Å². The summed E-state index contributed by atoms with van der Waals surface area (Å²) in [7, 11) is 0. The molecule has 2 aromatic rings. The summed E-state index contributed by atoms with van der Waals surface area (Å²) in [6, 6.07) is 7.42. The van der Waals surface area contributed by atoms with Crippen LogP contribution in [0.1, 0.15) is 54.5 Å². The Morgan fingerprint density at radius 3 is 2.84 bits per heavy atom. The SMILES string of the molecule is CC[C@H](NC(=O)CCN1Cc2ccccc2C1=O)c1ncnn1CC. The molecule has 132 valence electrons. The Kier molecular flexibility index (Phi) is 5.11. The monoisotopic (exact) mass is 341 g/mol. The molecule has 1 N–H and O–H groups in total. The van der Waals surface area contributed by atoms with Gasteiger partial charge < -0.3 is 10.2 Å². The van der Waals surface area contributed by atoms with Gasteiger partial charge in [0.1, 0.15) is 12.2 Å². The second kappa shape index (κ2) is 7.46. The fourth-order valence-electron chi connectivity index (χ4n) is 3.13. The van der Waals surface area contributed by atoms with E-state index >= 15 is 0 Å². The summed E-state index contributed by atoms with van der Waals surface area (Å²) >= 11 is 0. The minimum absolute atomic E-state index is 0.00108. The van der Waals surface area contributed by atoms with Gasteiger partial charge in [-0.1, -0.05) is 25.1 Å². The summed E-state index contributed by atoms with van der Waals surface area (Å²) in [5.74, 6) is 0.686. The highest BCUT2D eigenvalue weighted by Crippen LogP contribution is 2.22. The molecule has 0 aliphatic carbocycles. The van der Waals surface area contributed by atoms with Gasteiger partial charge in [0.05, 0.1) is 6.04 Å². The summed E-state index contributed by atoms with van der Waals surface area (Å²) < 4.78 is 1.79. The molecular formula is C18H23N5O2. The number of rotatable bonds is 7. The van der Waals surface area contributed by atoms with E-state index in [4.69, 9.17) is 0 Å². The van der Waals surface area contributed by atoms with E-state index in [0.29, 0.717) is 19.6 Å². The summed E-state index contributed by atoms with van der Waals surface area (Å²) in [4.78, 5) is 30.7. The van der Waals surface area contributed by atoms with Crippen LogP contribution in [0.2, 0.25) is 0 Å². The fraction of sp³-hybridized carbons (Fsp3) is 0.444. The Morgan fingerprint density at radius 1 is 1.32 bits per heavy atom. The van der Waals surface area contributed by atoms with E-state index < -0.39 is 0 Å². The third kappa shape index (κ3) is 3.55. The molecule has 1 aliphatic rings. The van der Waals surface area contributed by atoms with Crippen molar-refractivity contribution in [2.24, 2.45) is 0 Å². The lowest BCUT2D eigenvalue weighted by molar-refractivity contribution is -0.122. The molecule has 1 aromatic heterocycles. The third-order valence-electron chi connectivity index (χ3n) is 4.51. The first-order chi connectivity index (χ1) is 12.1. The molecule has 25 heavy (non-hydrogen) atoms. The van der Waals surface area contributed by atoms with Gasteiger partial charge >= 0.3 is 0 Å². The van der Waals surface area contributed by atoms with Crippen molar-refractivity contribution < 1.29 is 9.59 Å². The largest absolute Gasteiger partial charge is 0.346 e. The molecule has 1 atom stereocenters. The summed E-state index contributed by atoms with van der Waals surface area (Å²) in [6.07, 6.45) is 2.52. The zero-order chi connectivity index (χ0) is 17.8. The van der Waals surface area contributed by atoms with Crippen LogP contribution in [0, 0.1) is 0 Å². The average molecular weight is 341 g/mol. The van der Waals surface area contributed by atoms with Crippen LogP contribution in [-0.2, 0) is 17.9 Å². The van der Waals surface area contributed by atoms with Gasteiger partial charge in [0.25, 0.3) is 5.91 Å². The number of aryl methyl sites for hydroxylation is 1. The number of carbonyl (C=O) groups excluding carboxylic acids is 2. The zero-order valence-electron chi connectivity index (χ0n) is 14.6. The van der Waals surface area contributed by atoms with Crippen LogP contribution in [0.3, 0.4) is 0 Å². The molecule has 3 rings (SSSR count). The van der Waals surface area contributed by atoms with Gasteiger partial charge in [-0.15, -0.1) is 0 Å². The number of hydrogen-bond donors (Lipinski definition) is 1. The van der Waals surface area contributed by atoms with Gasteiger partial charge in [-0.25, -0.2) is 9.67 Å². The zero-order valence-corrected chi connectivity index (χ0v) is 14.6. The smallest absolute Gasteiger partial charge is 0.254 e. The highest BCUT2D eigenvalue weighted by molar-refractivity contribution is 5.98. The molecule has 0 unspecified atom stereocenters. The van der Waals surface area contributed by atoms with Crippen LogP contribution in [0.4, 0.5) is 0 Å². The van der Waals surface area contributed by atoms with E-state index in [2.05, 4.69) is 15.4 Å². The first kappa shape index (κ1) is 17.1. The molecule has 7 nitrogen and oxygen atoms in total. The number of carbonyl (C=O) groups is 2. The summed E-state index contributed by atoms with van der Waals surface area (Å²) in [6.45, 7) is 5.69. The molecule has 0 spiro atoms. The number of fused-ring (bicyclic) bond motifs is 1. The first-order valence-corrected chi connectivity index (χ1v) is 8.68. The maximum Gasteiger partial charge on any atom is 0.254 e. The standard InChI is InChI=1S/C18H23N5O2/c1-3-15(17-19-12-20-23(17)4-2)21-16(24)9-10-22-11-13-7-5-6-8-14(13)18(22)25/h5-8,12,15H,3-4,9-11H2,1-2H3,(H,21,24)/t15-/m0/s1. The Bertz CT molecular complexity index is 770. The van der Waals surface area contributed by atoms with Crippen LogP contribution in [-0.4, -0.2) is 38.0 Å². The summed E-state index contributed by atoms with van der Waals surface area (Å²) in [5, 5.41) is 7.16. The molecule has 0 saturated heterocycles. The topological polar surface area (TPSA) is 80.1 Å². The van der Waals surface area contributed by atoms with Crippen molar-refractivity contribution in [2.45, 2.75) is 45.8 Å². The van der Waals surface area contributed by atoms with Crippen molar-refractivity contribution in [2.75, 3.05) is 6.54 Å². The molecule has 7 heteroatoms. The number of nitrogens with zero attached hydrogens (tertiary/aromatic N) is 4. The highest BCUT2D eigenvalue weighted by atomic mass is 16.2. The van der Waals surface area contributed by atoms with E-state index in [0.717, 1.165) is 23.4 Å². The van der Waals surface area contributed by atoms with Crippen molar-refractivity contribution in [1.82, 2.24) is 25.0 Å². The Labute approximate surface area is 147 Å². The predicted octanol–water partition coefficient (Wildman–Crippen LogP) is 1.91. The lowest BCUT2D eigenvalue weighted by Crippen LogP contribution is -2.34. The van der Waals surface area contributed by atoms with Crippen LogP contribution >= 0.6 is 0 Å². The Balaban J connectivity index is 1.56. The maximum atomic E-state index is 12.3. The predicted molar refractivity (Wildman–Crippen MR) is 92.7 cm³/mol. The lowest BCUT2D eigenvalue weighted by atomic mass is 10.1. The van der Waals surface area contributed by atoms with Crippen LogP contribution < -0.4 is 5.32 Å². The molecule has 0 fully saturated rings. The molecule has 0 bridgehead atoms. The highest BCUT2D eigenvalue weighted by Gasteiger charge is 2.27. The van der Waals surface area contributed by atoms with E-state index in [1.807, 2.05) is 38.1 Å². The minimum atomic E-state index is -0.165. The van der Waals surface area contributed by atoms with Gasteiger partial charge in [0.15, 0.2) is 0 Å². The van der Waals surface area contributed by atoms with E-state index in [1.165, 1.54) is 6.33 Å². The third-order valence-corrected chi connectivity index (χ3v) is 4.51. The number of nitrogens with one attached hydrogen (secondary N) is 1. The van der Waals surface area contributed by atoms with Crippen molar-refractivity contribution >= 4 is 11.8 Å². The molecule has 0 saturated carbocycles. The lowest BCUT2D eigenvalue weighted by Gasteiger charge is -2.19. The van der Waals surface area contributed by atoms with E-state index in [9.17, 15) is 9.59 Å². The van der Waals surface area contributed by atoms with Gasteiger partial charge in [0, 0.05) is 31.6 Å². The van der Waals surface area contributed by atoms with Crippen molar-refractivity contribution in [3.63, 3.8) is 0 Å². The summed E-state index contributed by atoms with van der Waals surface area (Å²) in [5.41, 5.74) is 1.76. The van der Waals surface area contributed by atoms with E-state index in [1.54, 1.807) is 9.58 Å². The van der Waals surface area contributed by atoms with Crippen molar-refractivity contribution in [3.05, 3.63) is 47.5 Å². The normalized spacial score (nSPS) is 14.5. The molecule has 1 aromatic carbocycles. The molecule has 0 radical (unpaired) electrons. The van der Waals surface area contributed by atoms with Crippen LogP contribution in [0.15, 0.2) is 30.6 Å². The molecule has 1 aliphatic heterocycles. The number of amides is 2. The maximum absolute atomic E-state index is 12.3. The Morgan fingerprint density at radius 2 is 2.12 bits per heavy atom. The van der Waals surface area contributed by atoms with Gasteiger partial charge in [-0.3, -0.25) is 9.59 Å². The quantitative estimate of drug-likeness (QED) is 0.834. The Hall–Kier alpha value is -2.70. The molecular weight excluding hydrogens is 318 g/mol. The average Bonchev–Trinajstić information content (AvgIpc) is 3.23. The van der Waals surface area contributed by atoms with Gasteiger partial charge in [0.2, 0.25) is 5.91 Å². The second-order valence-corrected chi connectivity index (χ2v) is 6.10. The molecule has 2 amide bonds. The number of aromatic nitrogens is 3. The van der Waals surface area contributed by atoms with Crippen LogP contribution in [0.5, 0.6) is 0 Å². The van der Waals surface area contributed by atoms with Crippen LogP contribution in [0.25, 0.3) is 0 Å². The molecule has 2 heterocycles. The van der Waals surface area contributed by atoms with Crippen molar-refractivity contribution in [1.29, 1.82) is 0 Å². The van der Waals surface area contributed by atoms with Gasteiger partial charge in [-0.05, 0) is 25.0 Å². The fourth-order valence-corrected chi connectivity index (χ4v) is 3.13.